The van der Waals surface area contributed by atoms with Crippen molar-refractivity contribution in [2.75, 3.05) is 0 Å². The maximum Gasteiger partial charge on any atom is 0.146 e. The van der Waals surface area contributed by atoms with Gasteiger partial charge in [-0.3, -0.25) is 10.4 Å². The zero-order chi connectivity index (χ0) is 12.4. The lowest BCUT2D eigenvalue weighted by molar-refractivity contribution is 0.305. The highest BCUT2D eigenvalue weighted by Gasteiger charge is 2.25. The minimum Gasteiger partial charge on any atom is -0.284 e. The summed E-state index contributed by atoms with van der Waals surface area (Å²) < 4.78 is 0. The molecular weight excluding hydrogens is 264 g/mol. The van der Waals surface area contributed by atoms with E-state index in [9.17, 15) is 0 Å². The predicted octanol–water partition coefficient (Wildman–Crippen LogP) is 2.01. The number of nitrogens with zero attached hydrogens (tertiary/aromatic N) is 2. The molecule has 2 aromatic heterocycles. The van der Waals surface area contributed by atoms with Crippen molar-refractivity contribution in [2.45, 2.75) is 19.0 Å². The molecule has 1 aliphatic heterocycles. The van der Waals surface area contributed by atoms with Crippen molar-refractivity contribution in [1.82, 2.24) is 10.4 Å². The van der Waals surface area contributed by atoms with E-state index in [0.29, 0.717) is 0 Å². The van der Waals surface area contributed by atoms with Crippen LogP contribution in [0.4, 0.5) is 0 Å². The molecule has 0 bridgehead atoms. The first kappa shape index (κ1) is 11.7. The molecule has 0 spiro atoms. The van der Waals surface area contributed by atoms with Crippen molar-refractivity contribution in [3.8, 4) is 0 Å². The lowest BCUT2D eigenvalue weighted by Crippen LogP contribution is -2.46. The summed E-state index contributed by atoms with van der Waals surface area (Å²) in [5, 5.41) is 10.2. The van der Waals surface area contributed by atoms with Gasteiger partial charge in [0.15, 0.2) is 0 Å². The lowest BCUT2D eigenvalue weighted by atomic mass is 10.2. The number of nitrogens with one attached hydrogen (secondary N) is 1. The van der Waals surface area contributed by atoms with Crippen molar-refractivity contribution < 1.29 is 0 Å². The minimum atomic E-state index is 0.0682. The molecule has 18 heavy (non-hydrogen) atoms. The van der Waals surface area contributed by atoms with Gasteiger partial charge in [0, 0.05) is 22.6 Å². The van der Waals surface area contributed by atoms with E-state index in [4.69, 9.17) is 5.84 Å². The molecule has 0 saturated heterocycles. The minimum absolute atomic E-state index is 0.0682. The summed E-state index contributed by atoms with van der Waals surface area (Å²) in [4.78, 5) is 2.60. The first-order valence-corrected chi connectivity index (χ1v) is 7.49. The molecule has 1 aliphatic rings. The molecule has 0 aliphatic carbocycles. The van der Waals surface area contributed by atoms with E-state index in [0.717, 1.165) is 18.7 Å². The molecule has 0 aromatic carbocycles. The number of hydrogen-bond acceptors (Lipinski definition) is 6. The fourth-order valence-electron chi connectivity index (χ4n) is 1.91. The maximum atomic E-state index is 6.11. The molecule has 94 valence electrons. The largest absolute Gasteiger partial charge is 0.284 e. The predicted molar refractivity (Wildman–Crippen MR) is 76.4 cm³/mol. The topological polar surface area (TPSA) is 53.6 Å². The van der Waals surface area contributed by atoms with Gasteiger partial charge in [0.1, 0.15) is 12.0 Å². The Hall–Kier alpha value is -1.37. The van der Waals surface area contributed by atoms with Crippen LogP contribution in [0, 0.1) is 0 Å². The van der Waals surface area contributed by atoms with Crippen LogP contribution in [0.2, 0.25) is 0 Å². The standard InChI is InChI=1S/C12H14N4S2/c13-16-11(7-9-3-1-5-17-9)14-15-12(16)8-10-4-2-6-18-10/h1-6,11,14H,7-8,13H2. The average Bonchev–Trinajstić information content (AvgIpc) is 3.08. The summed E-state index contributed by atoms with van der Waals surface area (Å²) >= 11 is 3.48. The average molecular weight is 278 g/mol. The number of hydrogen-bond donors (Lipinski definition) is 2. The van der Waals surface area contributed by atoms with Gasteiger partial charge >= 0.3 is 0 Å². The van der Waals surface area contributed by atoms with Crippen LogP contribution in [0.1, 0.15) is 9.75 Å². The summed E-state index contributed by atoms with van der Waals surface area (Å²) in [5.74, 6) is 7.01. The molecule has 6 heteroatoms. The van der Waals surface area contributed by atoms with Gasteiger partial charge in [-0.05, 0) is 22.9 Å². The molecular formula is C12H14N4S2. The molecule has 3 heterocycles. The molecule has 0 amide bonds. The Bertz CT molecular complexity index is 518. The summed E-state index contributed by atoms with van der Waals surface area (Å²) in [6, 6.07) is 8.33. The van der Waals surface area contributed by atoms with E-state index in [2.05, 4.69) is 39.5 Å². The zero-order valence-electron chi connectivity index (χ0n) is 9.74. The number of thiophene rings is 2. The van der Waals surface area contributed by atoms with Crippen molar-refractivity contribution in [1.29, 1.82) is 0 Å². The van der Waals surface area contributed by atoms with Gasteiger partial charge in [-0.25, -0.2) is 5.84 Å². The first-order chi connectivity index (χ1) is 8.83. The monoisotopic (exact) mass is 278 g/mol. The quantitative estimate of drug-likeness (QED) is 0.841. The van der Waals surface area contributed by atoms with Crippen LogP contribution in [-0.2, 0) is 12.8 Å². The van der Waals surface area contributed by atoms with Crippen LogP contribution in [0.3, 0.4) is 0 Å². The van der Waals surface area contributed by atoms with Gasteiger partial charge in [0.2, 0.25) is 0 Å². The summed E-state index contributed by atoms with van der Waals surface area (Å²) in [6.45, 7) is 0. The van der Waals surface area contributed by atoms with Crippen LogP contribution in [0.15, 0.2) is 40.1 Å². The lowest BCUT2D eigenvalue weighted by Gasteiger charge is -2.21. The molecule has 4 nitrogen and oxygen atoms in total. The summed E-state index contributed by atoms with van der Waals surface area (Å²) in [7, 11) is 0. The van der Waals surface area contributed by atoms with E-state index in [1.165, 1.54) is 9.75 Å². The second-order valence-electron chi connectivity index (χ2n) is 4.12. The highest BCUT2D eigenvalue weighted by Crippen LogP contribution is 2.17. The van der Waals surface area contributed by atoms with Crippen molar-refractivity contribution in [3.63, 3.8) is 0 Å². The molecule has 3 rings (SSSR count). The second kappa shape index (κ2) is 5.09. The van der Waals surface area contributed by atoms with Gasteiger partial charge in [-0.15, -0.1) is 22.7 Å². The molecule has 3 N–H and O–H groups in total. The van der Waals surface area contributed by atoms with Gasteiger partial charge in [0.25, 0.3) is 0 Å². The van der Waals surface area contributed by atoms with Gasteiger partial charge in [-0.1, -0.05) is 12.1 Å². The summed E-state index contributed by atoms with van der Waals surface area (Å²) in [5.41, 5.74) is 3.11. The molecule has 0 fully saturated rings. The number of rotatable bonds is 4. The van der Waals surface area contributed by atoms with Crippen LogP contribution in [0.5, 0.6) is 0 Å². The molecule has 1 unspecified atom stereocenters. The maximum absolute atomic E-state index is 6.11. The zero-order valence-corrected chi connectivity index (χ0v) is 11.4. The second-order valence-corrected chi connectivity index (χ2v) is 6.18. The Morgan fingerprint density at radius 2 is 1.94 bits per heavy atom. The van der Waals surface area contributed by atoms with E-state index in [1.807, 2.05) is 6.07 Å². The summed E-state index contributed by atoms with van der Waals surface area (Å²) in [6.07, 6.45) is 1.74. The Morgan fingerprint density at radius 3 is 2.61 bits per heavy atom. The molecule has 2 aromatic rings. The van der Waals surface area contributed by atoms with Crippen molar-refractivity contribution in [2.24, 2.45) is 10.9 Å². The normalized spacial score (nSPS) is 18.8. The highest BCUT2D eigenvalue weighted by atomic mass is 32.1. The van der Waals surface area contributed by atoms with E-state index in [-0.39, 0.29) is 6.17 Å². The number of hydrazone groups is 1. The molecule has 1 atom stereocenters. The Labute approximate surface area is 114 Å². The third kappa shape index (κ3) is 2.40. The highest BCUT2D eigenvalue weighted by molar-refractivity contribution is 7.10. The third-order valence-electron chi connectivity index (χ3n) is 2.86. The van der Waals surface area contributed by atoms with Crippen LogP contribution in [-0.4, -0.2) is 17.0 Å². The number of amidine groups is 1. The van der Waals surface area contributed by atoms with Crippen molar-refractivity contribution >= 4 is 28.5 Å². The fraction of sp³-hybridized carbons (Fsp3) is 0.250. The Balaban J connectivity index is 1.62. The van der Waals surface area contributed by atoms with Gasteiger partial charge < -0.3 is 0 Å². The van der Waals surface area contributed by atoms with E-state index < -0.39 is 0 Å². The molecule has 0 saturated carbocycles. The van der Waals surface area contributed by atoms with Crippen LogP contribution < -0.4 is 11.3 Å². The number of hydrazine groups is 1. The van der Waals surface area contributed by atoms with Gasteiger partial charge in [-0.2, -0.15) is 5.10 Å². The third-order valence-corrected chi connectivity index (χ3v) is 4.64. The van der Waals surface area contributed by atoms with Crippen molar-refractivity contribution in [3.05, 3.63) is 44.8 Å². The van der Waals surface area contributed by atoms with E-state index in [1.54, 1.807) is 27.7 Å². The Kier molecular flexibility index (Phi) is 3.31. The van der Waals surface area contributed by atoms with Crippen LogP contribution >= 0.6 is 22.7 Å². The first-order valence-electron chi connectivity index (χ1n) is 5.74. The Morgan fingerprint density at radius 1 is 1.22 bits per heavy atom. The number of nitrogens with two attached hydrogens (primary N) is 1. The van der Waals surface area contributed by atoms with E-state index >= 15 is 0 Å². The SMILES string of the molecule is NN1C(Cc2cccs2)=NNC1Cc1cccs1. The fourth-order valence-corrected chi connectivity index (χ4v) is 3.36. The van der Waals surface area contributed by atoms with Gasteiger partial charge in [0.05, 0.1) is 0 Å². The smallest absolute Gasteiger partial charge is 0.146 e. The van der Waals surface area contributed by atoms with Crippen LogP contribution in [0.25, 0.3) is 0 Å². The molecule has 0 radical (unpaired) electrons.